The Balaban J connectivity index is 1.61. The first kappa shape index (κ1) is 24.0. The predicted octanol–water partition coefficient (Wildman–Crippen LogP) is 6.54. The number of para-hydroxylation sites is 1. The summed E-state index contributed by atoms with van der Waals surface area (Å²) in [5, 5.41) is 3.55. The summed E-state index contributed by atoms with van der Waals surface area (Å²) >= 11 is 6.20. The number of anilines is 2. The van der Waals surface area contributed by atoms with E-state index in [2.05, 4.69) is 5.32 Å². The van der Waals surface area contributed by atoms with Crippen molar-refractivity contribution in [1.82, 2.24) is 0 Å². The highest BCUT2D eigenvalue weighted by atomic mass is 35.5. The largest absolute Gasteiger partial charge is 0.322 e. The van der Waals surface area contributed by atoms with Crippen molar-refractivity contribution in [3.8, 4) is 0 Å². The average Bonchev–Trinajstić information content (AvgIpc) is 2.96. The van der Waals surface area contributed by atoms with Crippen LogP contribution in [0.1, 0.15) is 37.4 Å². The van der Waals surface area contributed by atoms with Crippen LogP contribution in [0.3, 0.4) is 0 Å². The second kappa shape index (κ2) is 9.72. The number of benzene rings is 4. The average molecular weight is 515 g/mol. The lowest BCUT2D eigenvalue weighted by atomic mass is 10.1. The van der Waals surface area contributed by atoms with Crippen LogP contribution in [-0.2, 0) is 17.3 Å². The summed E-state index contributed by atoms with van der Waals surface area (Å²) in [6.45, 7) is 4.08. The van der Waals surface area contributed by atoms with Gasteiger partial charge in [-0.2, -0.15) is 0 Å². The van der Waals surface area contributed by atoms with Gasteiger partial charge in [-0.3, -0.25) is 9.59 Å². The zero-order chi connectivity index (χ0) is 25.4. The number of aryl methyl sites for hydroxylation is 2. The minimum atomic E-state index is -1.60. The molecule has 0 unspecified atom stereocenters. The van der Waals surface area contributed by atoms with Crippen molar-refractivity contribution in [1.29, 1.82) is 0 Å². The molecule has 1 aliphatic rings. The molecule has 0 bridgehead atoms. The van der Waals surface area contributed by atoms with Crippen LogP contribution in [-0.4, -0.2) is 16.0 Å². The van der Waals surface area contributed by atoms with Gasteiger partial charge in [-0.05, 0) is 73.0 Å². The molecule has 0 aromatic heterocycles. The molecule has 1 aliphatic heterocycles. The van der Waals surface area contributed by atoms with E-state index in [-0.39, 0.29) is 18.4 Å². The molecule has 7 heteroatoms. The molecule has 4 aromatic carbocycles. The van der Waals surface area contributed by atoms with Crippen molar-refractivity contribution in [2.45, 2.75) is 30.2 Å². The van der Waals surface area contributed by atoms with Gasteiger partial charge in [0.2, 0.25) is 0 Å². The highest BCUT2D eigenvalue weighted by Crippen LogP contribution is 2.36. The van der Waals surface area contributed by atoms with E-state index < -0.39 is 10.8 Å². The Hall–Kier alpha value is -3.74. The number of nitrogens with zero attached hydrogens (tertiary/aromatic N) is 1. The molecule has 36 heavy (non-hydrogen) atoms. The van der Waals surface area contributed by atoms with Crippen molar-refractivity contribution < 1.29 is 13.8 Å². The zero-order valence-electron chi connectivity index (χ0n) is 19.7. The lowest BCUT2D eigenvalue weighted by molar-refractivity contribution is 0.0979. The van der Waals surface area contributed by atoms with Crippen LogP contribution in [0.5, 0.6) is 0 Å². The van der Waals surface area contributed by atoms with Gasteiger partial charge in [0.1, 0.15) is 0 Å². The normalized spacial score (nSPS) is 14.6. The number of carbonyl (C=O) groups is 2. The summed E-state index contributed by atoms with van der Waals surface area (Å²) in [6, 6.07) is 24.9. The van der Waals surface area contributed by atoms with E-state index in [1.807, 2.05) is 44.2 Å². The molecule has 5 nitrogen and oxygen atoms in total. The molecular formula is C29H23ClN2O3S. The molecule has 2 amide bonds. The molecule has 1 atom stereocenters. The number of fused-ring (bicyclic) bond motifs is 2. The Morgan fingerprint density at radius 2 is 1.61 bits per heavy atom. The van der Waals surface area contributed by atoms with E-state index in [1.165, 1.54) is 0 Å². The van der Waals surface area contributed by atoms with E-state index >= 15 is 0 Å². The van der Waals surface area contributed by atoms with Gasteiger partial charge in [0, 0.05) is 16.3 Å². The van der Waals surface area contributed by atoms with Gasteiger partial charge in [-0.1, -0.05) is 54.1 Å². The number of amides is 2. The molecule has 0 aliphatic carbocycles. The molecule has 4 aromatic rings. The van der Waals surface area contributed by atoms with Gasteiger partial charge < -0.3 is 10.2 Å². The predicted molar refractivity (Wildman–Crippen MR) is 143 cm³/mol. The standard InChI is InChI=1S/C29H23ClN2O3S/c1-18-7-5-8-19(2)27(18)31-28(33)21-13-14-26-24(16-21)32(17-20-9-6-10-22(30)15-20)29(34)23-11-3-4-12-25(23)36(26)35/h3-16H,17H2,1-2H3,(H,31,33)/t36-/m0/s1. The maximum Gasteiger partial charge on any atom is 0.259 e. The van der Waals surface area contributed by atoms with E-state index in [0.717, 1.165) is 22.4 Å². The van der Waals surface area contributed by atoms with Crippen molar-refractivity contribution in [3.05, 3.63) is 118 Å². The number of hydrogen-bond acceptors (Lipinski definition) is 3. The van der Waals surface area contributed by atoms with Crippen molar-refractivity contribution in [3.63, 3.8) is 0 Å². The first-order valence-electron chi connectivity index (χ1n) is 11.4. The van der Waals surface area contributed by atoms with Gasteiger partial charge >= 0.3 is 0 Å². The number of carbonyl (C=O) groups excluding carboxylic acids is 2. The second-order valence-corrected chi connectivity index (χ2v) is 10.5. The van der Waals surface area contributed by atoms with Crippen LogP contribution in [0.25, 0.3) is 0 Å². The Kier molecular flexibility index (Phi) is 6.48. The molecule has 0 saturated heterocycles. The highest BCUT2D eigenvalue weighted by molar-refractivity contribution is 7.85. The summed E-state index contributed by atoms with van der Waals surface area (Å²) in [4.78, 5) is 29.5. The third kappa shape index (κ3) is 4.45. The second-order valence-electron chi connectivity index (χ2n) is 8.69. The van der Waals surface area contributed by atoms with Crippen LogP contribution in [0, 0.1) is 13.8 Å². The third-order valence-electron chi connectivity index (χ3n) is 6.22. The Bertz CT molecular complexity index is 1530. The maximum atomic E-state index is 13.8. The number of nitrogens with one attached hydrogen (secondary N) is 1. The minimum absolute atomic E-state index is 0.208. The molecule has 5 rings (SSSR count). The highest BCUT2D eigenvalue weighted by Gasteiger charge is 2.31. The van der Waals surface area contributed by atoms with E-state index in [9.17, 15) is 13.8 Å². The summed E-state index contributed by atoms with van der Waals surface area (Å²) < 4.78 is 13.6. The summed E-state index contributed by atoms with van der Waals surface area (Å²) in [5.41, 5.74) is 4.64. The van der Waals surface area contributed by atoms with Crippen molar-refractivity contribution in [2.75, 3.05) is 10.2 Å². The molecule has 0 fully saturated rings. The first-order valence-corrected chi connectivity index (χ1v) is 12.9. The SMILES string of the molecule is Cc1cccc(C)c1NC(=O)c1ccc2c(c1)N(Cc1cccc(Cl)c1)C(=O)c1ccccc1[S@@]2=O. The fourth-order valence-electron chi connectivity index (χ4n) is 4.38. The number of hydrogen-bond donors (Lipinski definition) is 1. The van der Waals surface area contributed by atoms with Gasteiger partial charge in [-0.25, -0.2) is 4.21 Å². The van der Waals surface area contributed by atoms with E-state index in [4.69, 9.17) is 11.6 Å². The van der Waals surface area contributed by atoms with Crippen molar-refractivity contribution in [2.24, 2.45) is 0 Å². The maximum absolute atomic E-state index is 13.8. The molecule has 1 heterocycles. The molecular weight excluding hydrogens is 492 g/mol. The fraction of sp³-hybridized carbons (Fsp3) is 0.103. The van der Waals surface area contributed by atoms with Gasteiger partial charge in [-0.15, -0.1) is 0 Å². The Labute approximate surface area is 217 Å². The molecule has 180 valence electrons. The zero-order valence-corrected chi connectivity index (χ0v) is 21.3. The smallest absolute Gasteiger partial charge is 0.259 e. The third-order valence-corrected chi connectivity index (χ3v) is 7.96. The van der Waals surface area contributed by atoms with Crippen LogP contribution in [0.4, 0.5) is 11.4 Å². The van der Waals surface area contributed by atoms with Crippen LogP contribution < -0.4 is 10.2 Å². The first-order chi connectivity index (χ1) is 17.3. The summed E-state index contributed by atoms with van der Waals surface area (Å²) in [6.07, 6.45) is 0. The lowest BCUT2D eigenvalue weighted by Crippen LogP contribution is -2.30. The van der Waals surface area contributed by atoms with Crippen LogP contribution >= 0.6 is 11.6 Å². The van der Waals surface area contributed by atoms with Gasteiger partial charge in [0.15, 0.2) is 0 Å². The molecule has 0 saturated carbocycles. The minimum Gasteiger partial charge on any atom is -0.322 e. The Morgan fingerprint density at radius 1 is 0.889 bits per heavy atom. The van der Waals surface area contributed by atoms with Gasteiger partial charge in [0.25, 0.3) is 11.8 Å². The van der Waals surface area contributed by atoms with E-state index in [1.54, 1.807) is 59.5 Å². The summed E-state index contributed by atoms with van der Waals surface area (Å²) in [7, 11) is -1.60. The number of halogens is 1. The van der Waals surface area contributed by atoms with Crippen LogP contribution in [0.2, 0.25) is 5.02 Å². The van der Waals surface area contributed by atoms with Crippen LogP contribution in [0.15, 0.2) is 94.7 Å². The fourth-order valence-corrected chi connectivity index (χ4v) is 5.93. The summed E-state index contributed by atoms with van der Waals surface area (Å²) in [5.74, 6) is -0.595. The topological polar surface area (TPSA) is 66.5 Å². The van der Waals surface area contributed by atoms with Crippen molar-refractivity contribution >= 4 is 45.6 Å². The molecule has 1 N–H and O–H groups in total. The number of rotatable bonds is 4. The quantitative estimate of drug-likeness (QED) is 0.336. The van der Waals surface area contributed by atoms with Gasteiger partial charge in [0.05, 0.1) is 38.4 Å². The molecule has 0 radical (unpaired) electrons. The van der Waals surface area contributed by atoms with E-state index in [0.29, 0.717) is 31.6 Å². The monoisotopic (exact) mass is 514 g/mol. The lowest BCUT2D eigenvalue weighted by Gasteiger charge is -2.24. The Morgan fingerprint density at radius 3 is 2.36 bits per heavy atom. The molecule has 0 spiro atoms.